The van der Waals surface area contributed by atoms with Crippen molar-refractivity contribution in [3.8, 4) is 0 Å². The zero-order valence-corrected chi connectivity index (χ0v) is 40.8. The zero-order chi connectivity index (χ0) is 43.7. The van der Waals surface area contributed by atoms with Crippen molar-refractivity contribution >= 4 is 17.9 Å². The fourth-order valence-corrected chi connectivity index (χ4v) is 8.27. The first-order chi connectivity index (χ1) is 29.5. The standard InChI is InChI=1S/C54H104O6/c1-4-7-10-13-16-19-22-24-25-26-27-28-29-31-32-35-38-41-44-47-53(56)59-50-51(49-58-52(55)46-43-40-37-34-21-18-15-12-9-6-3)60-54(57)48-45-42-39-36-33-30-23-20-17-14-11-8-5-2/h51H,4-50H2,1-3H3/t51-/m0/s1. The Balaban J connectivity index is 4.22. The minimum atomic E-state index is -0.759. The molecule has 0 rings (SSSR count). The molecule has 0 fully saturated rings. The number of ether oxygens (including phenoxy) is 3. The van der Waals surface area contributed by atoms with Crippen molar-refractivity contribution in [3.05, 3.63) is 0 Å². The third kappa shape index (κ3) is 47.5. The summed E-state index contributed by atoms with van der Waals surface area (Å²) in [5, 5.41) is 0. The molecule has 0 aromatic rings. The Bertz CT molecular complexity index is 889. The summed E-state index contributed by atoms with van der Waals surface area (Å²) in [5.41, 5.74) is 0. The molecule has 6 nitrogen and oxygen atoms in total. The van der Waals surface area contributed by atoms with E-state index in [1.54, 1.807) is 0 Å². The second-order valence-electron chi connectivity index (χ2n) is 18.5. The minimum Gasteiger partial charge on any atom is -0.462 e. The van der Waals surface area contributed by atoms with E-state index in [4.69, 9.17) is 14.2 Å². The first-order valence-corrected chi connectivity index (χ1v) is 27.0. The van der Waals surface area contributed by atoms with Crippen molar-refractivity contribution in [1.82, 2.24) is 0 Å². The van der Waals surface area contributed by atoms with Gasteiger partial charge in [0.2, 0.25) is 0 Å². The molecule has 0 aliphatic carbocycles. The van der Waals surface area contributed by atoms with Gasteiger partial charge in [0.15, 0.2) is 6.10 Å². The molecule has 0 saturated heterocycles. The quantitative estimate of drug-likeness (QED) is 0.0345. The van der Waals surface area contributed by atoms with Crippen molar-refractivity contribution in [2.75, 3.05) is 13.2 Å². The molecule has 1 atom stereocenters. The van der Waals surface area contributed by atoms with Crippen molar-refractivity contribution < 1.29 is 28.6 Å². The van der Waals surface area contributed by atoms with Crippen LogP contribution in [0, 0.1) is 0 Å². The Morgan fingerprint density at radius 1 is 0.267 bits per heavy atom. The molecule has 0 amide bonds. The number of rotatable bonds is 50. The van der Waals surface area contributed by atoms with Crippen LogP contribution in [0.3, 0.4) is 0 Å². The zero-order valence-electron chi connectivity index (χ0n) is 40.8. The lowest BCUT2D eigenvalue weighted by Gasteiger charge is -2.18. The van der Waals surface area contributed by atoms with E-state index >= 15 is 0 Å². The van der Waals surface area contributed by atoms with E-state index in [1.807, 2.05) is 0 Å². The monoisotopic (exact) mass is 849 g/mol. The molecule has 356 valence electrons. The van der Waals surface area contributed by atoms with Gasteiger partial charge in [-0.05, 0) is 19.3 Å². The highest BCUT2D eigenvalue weighted by Crippen LogP contribution is 2.17. The van der Waals surface area contributed by atoms with Gasteiger partial charge in [-0.15, -0.1) is 0 Å². The number of hydrogen-bond acceptors (Lipinski definition) is 6. The van der Waals surface area contributed by atoms with E-state index in [9.17, 15) is 14.4 Å². The van der Waals surface area contributed by atoms with Crippen LogP contribution < -0.4 is 0 Å². The van der Waals surface area contributed by atoms with Crippen molar-refractivity contribution in [3.63, 3.8) is 0 Å². The van der Waals surface area contributed by atoms with Crippen LogP contribution in [0.5, 0.6) is 0 Å². The number of esters is 3. The molecule has 0 aliphatic rings. The summed E-state index contributed by atoms with van der Waals surface area (Å²) >= 11 is 0. The molecule has 0 unspecified atom stereocenters. The normalized spacial score (nSPS) is 11.8. The summed E-state index contributed by atoms with van der Waals surface area (Å²) in [6.07, 6.45) is 53.8. The van der Waals surface area contributed by atoms with E-state index in [0.717, 1.165) is 57.8 Å². The number of hydrogen-bond donors (Lipinski definition) is 0. The van der Waals surface area contributed by atoms with Crippen LogP contribution in [-0.2, 0) is 28.6 Å². The first kappa shape index (κ1) is 58.4. The first-order valence-electron chi connectivity index (χ1n) is 27.0. The Hall–Kier alpha value is -1.59. The van der Waals surface area contributed by atoms with Gasteiger partial charge in [0.25, 0.3) is 0 Å². The van der Waals surface area contributed by atoms with Crippen LogP contribution in [0.1, 0.15) is 310 Å². The van der Waals surface area contributed by atoms with Gasteiger partial charge in [-0.2, -0.15) is 0 Å². The van der Waals surface area contributed by atoms with E-state index < -0.39 is 6.10 Å². The molecule has 0 radical (unpaired) electrons. The van der Waals surface area contributed by atoms with E-state index in [0.29, 0.717) is 19.3 Å². The molecule has 0 saturated carbocycles. The van der Waals surface area contributed by atoms with Gasteiger partial charge in [-0.1, -0.05) is 271 Å². The highest BCUT2D eigenvalue weighted by atomic mass is 16.6. The lowest BCUT2D eigenvalue weighted by molar-refractivity contribution is -0.167. The van der Waals surface area contributed by atoms with E-state index in [2.05, 4.69) is 20.8 Å². The summed E-state index contributed by atoms with van der Waals surface area (Å²) in [7, 11) is 0. The van der Waals surface area contributed by atoms with Gasteiger partial charge in [-0.3, -0.25) is 14.4 Å². The van der Waals surface area contributed by atoms with Crippen LogP contribution in [0.4, 0.5) is 0 Å². The largest absolute Gasteiger partial charge is 0.462 e. The average Bonchev–Trinajstić information content (AvgIpc) is 3.24. The highest BCUT2D eigenvalue weighted by molar-refractivity contribution is 5.71. The van der Waals surface area contributed by atoms with Gasteiger partial charge in [-0.25, -0.2) is 0 Å². The van der Waals surface area contributed by atoms with Crippen molar-refractivity contribution in [1.29, 1.82) is 0 Å². The average molecular weight is 849 g/mol. The maximum atomic E-state index is 12.8. The van der Waals surface area contributed by atoms with Gasteiger partial charge < -0.3 is 14.2 Å². The molecule has 0 aromatic carbocycles. The van der Waals surface area contributed by atoms with E-state index in [1.165, 1.54) is 212 Å². The van der Waals surface area contributed by atoms with Crippen LogP contribution in [-0.4, -0.2) is 37.2 Å². The predicted molar refractivity (Wildman–Crippen MR) is 257 cm³/mol. The molecule has 0 aromatic heterocycles. The maximum absolute atomic E-state index is 12.8. The Morgan fingerprint density at radius 3 is 0.667 bits per heavy atom. The fourth-order valence-electron chi connectivity index (χ4n) is 8.27. The maximum Gasteiger partial charge on any atom is 0.306 e. The third-order valence-electron chi connectivity index (χ3n) is 12.4. The van der Waals surface area contributed by atoms with Crippen LogP contribution in [0.2, 0.25) is 0 Å². The molecule has 60 heavy (non-hydrogen) atoms. The highest BCUT2D eigenvalue weighted by Gasteiger charge is 2.19. The van der Waals surface area contributed by atoms with Gasteiger partial charge in [0.1, 0.15) is 13.2 Å². The second-order valence-corrected chi connectivity index (χ2v) is 18.5. The van der Waals surface area contributed by atoms with Crippen molar-refractivity contribution in [2.24, 2.45) is 0 Å². The fraction of sp³-hybridized carbons (Fsp3) is 0.944. The van der Waals surface area contributed by atoms with Gasteiger partial charge in [0, 0.05) is 19.3 Å². The topological polar surface area (TPSA) is 78.9 Å². The van der Waals surface area contributed by atoms with Gasteiger partial charge in [0.05, 0.1) is 0 Å². The van der Waals surface area contributed by atoms with Crippen LogP contribution >= 0.6 is 0 Å². The molecule has 0 N–H and O–H groups in total. The summed E-state index contributed by atoms with van der Waals surface area (Å²) in [5.74, 6) is -0.840. The summed E-state index contributed by atoms with van der Waals surface area (Å²) in [6, 6.07) is 0. The molecule has 0 bridgehead atoms. The lowest BCUT2D eigenvalue weighted by Crippen LogP contribution is -2.30. The number of carbonyl (C=O) groups excluding carboxylic acids is 3. The molecule has 6 heteroatoms. The Morgan fingerprint density at radius 2 is 0.450 bits per heavy atom. The molecular formula is C54H104O6. The van der Waals surface area contributed by atoms with Crippen LogP contribution in [0.15, 0.2) is 0 Å². The predicted octanol–water partition coefficient (Wildman–Crippen LogP) is 17.6. The molecule has 0 aliphatic heterocycles. The minimum absolute atomic E-state index is 0.0617. The van der Waals surface area contributed by atoms with Crippen molar-refractivity contribution in [2.45, 2.75) is 316 Å². The Kier molecular flexibility index (Phi) is 48.7. The van der Waals surface area contributed by atoms with Crippen LogP contribution in [0.25, 0.3) is 0 Å². The molecule has 0 heterocycles. The third-order valence-corrected chi connectivity index (χ3v) is 12.4. The van der Waals surface area contributed by atoms with Gasteiger partial charge >= 0.3 is 17.9 Å². The second kappa shape index (κ2) is 50.1. The lowest BCUT2D eigenvalue weighted by atomic mass is 10.0. The molecular weight excluding hydrogens is 745 g/mol. The Labute approximate surface area is 374 Å². The summed E-state index contributed by atoms with van der Waals surface area (Å²) < 4.78 is 16.8. The smallest absolute Gasteiger partial charge is 0.306 e. The SMILES string of the molecule is CCCCCCCCCCCCCCCCCCCCCC(=O)OC[C@H](COC(=O)CCCCCCCCCCCC)OC(=O)CCCCCCCCCCCCCCC. The van der Waals surface area contributed by atoms with E-state index in [-0.39, 0.29) is 31.1 Å². The number of unbranched alkanes of at least 4 members (excludes halogenated alkanes) is 39. The summed E-state index contributed by atoms with van der Waals surface area (Å²) in [6.45, 7) is 6.68. The summed E-state index contributed by atoms with van der Waals surface area (Å²) in [4.78, 5) is 37.9. The molecule has 0 spiro atoms. The number of carbonyl (C=O) groups is 3.